The molecule has 0 radical (unpaired) electrons. The lowest BCUT2D eigenvalue weighted by Gasteiger charge is -2.52. The standard InChI is InChI=1S/C26H36N2O3/c1-17-7-4-5-10-21(17)28-13-11-27(12-14-28)16-20-23-22(31-25(20)30)15-19-9-6-8-18(2)26(19,3)24(23)29/h4-5,7,9-10,18,20,22-24,29H,6,8,11-16H2,1-3H3. The van der Waals surface area contributed by atoms with Gasteiger partial charge in [0.1, 0.15) is 6.10 Å². The highest BCUT2D eigenvalue weighted by Crippen LogP contribution is 2.56. The van der Waals surface area contributed by atoms with E-state index >= 15 is 0 Å². The van der Waals surface area contributed by atoms with Crippen molar-refractivity contribution in [2.45, 2.75) is 52.2 Å². The molecule has 5 nitrogen and oxygen atoms in total. The van der Waals surface area contributed by atoms with Crippen LogP contribution in [-0.4, -0.2) is 60.9 Å². The summed E-state index contributed by atoms with van der Waals surface area (Å²) in [5, 5.41) is 11.5. The molecule has 2 aliphatic carbocycles. The quantitative estimate of drug-likeness (QED) is 0.595. The molecule has 6 unspecified atom stereocenters. The Labute approximate surface area is 186 Å². The molecule has 168 valence electrons. The molecule has 0 aromatic heterocycles. The fourth-order valence-electron chi connectivity index (χ4n) is 6.64. The third kappa shape index (κ3) is 3.41. The van der Waals surface area contributed by atoms with E-state index in [0.29, 0.717) is 12.5 Å². The summed E-state index contributed by atoms with van der Waals surface area (Å²) >= 11 is 0. The number of anilines is 1. The number of benzene rings is 1. The van der Waals surface area contributed by atoms with Crippen LogP contribution in [-0.2, 0) is 9.53 Å². The van der Waals surface area contributed by atoms with Gasteiger partial charge in [-0.2, -0.15) is 0 Å². The van der Waals surface area contributed by atoms with Crippen molar-refractivity contribution in [2.75, 3.05) is 37.6 Å². The van der Waals surface area contributed by atoms with Crippen LogP contribution >= 0.6 is 0 Å². The molecule has 5 heteroatoms. The van der Waals surface area contributed by atoms with E-state index in [1.165, 1.54) is 16.8 Å². The summed E-state index contributed by atoms with van der Waals surface area (Å²) < 4.78 is 5.85. The second-order valence-electron chi connectivity index (χ2n) is 10.4. The smallest absolute Gasteiger partial charge is 0.311 e. The molecular formula is C26H36N2O3. The van der Waals surface area contributed by atoms with E-state index in [4.69, 9.17) is 4.74 Å². The van der Waals surface area contributed by atoms with Crippen molar-refractivity contribution in [1.82, 2.24) is 4.90 Å². The number of aliphatic hydroxyl groups is 1. The third-order valence-electron chi connectivity index (χ3n) is 8.85. The first-order valence-electron chi connectivity index (χ1n) is 12.0. The molecular weight excluding hydrogens is 388 g/mol. The van der Waals surface area contributed by atoms with Crippen molar-refractivity contribution in [3.8, 4) is 0 Å². The molecule has 1 N–H and O–H groups in total. The van der Waals surface area contributed by atoms with Gasteiger partial charge in [0.2, 0.25) is 0 Å². The van der Waals surface area contributed by atoms with Gasteiger partial charge < -0.3 is 14.7 Å². The molecule has 5 rings (SSSR count). The number of carbonyl (C=O) groups excluding carboxylic acids is 1. The topological polar surface area (TPSA) is 53.0 Å². The Bertz CT molecular complexity index is 875. The van der Waals surface area contributed by atoms with Crippen molar-refractivity contribution >= 4 is 11.7 Å². The Morgan fingerprint density at radius 1 is 1.19 bits per heavy atom. The second kappa shape index (κ2) is 7.93. The van der Waals surface area contributed by atoms with Gasteiger partial charge in [-0.05, 0) is 37.3 Å². The number of esters is 1. The number of piperazine rings is 1. The van der Waals surface area contributed by atoms with Gasteiger partial charge in [0.05, 0.1) is 12.0 Å². The Hall–Kier alpha value is -1.85. The number of aryl methyl sites for hydroxylation is 1. The van der Waals surface area contributed by atoms with Gasteiger partial charge in [-0.15, -0.1) is 0 Å². The maximum Gasteiger partial charge on any atom is 0.311 e. The highest BCUT2D eigenvalue weighted by Gasteiger charge is 2.59. The van der Waals surface area contributed by atoms with E-state index in [2.05, 4.69) is 60.9 Å². The maximum absolute atomic E-state index is 12.9. The minimum Gasteiger partial charge on any atom is -0.461 e. The molecule has 4 aliphatic rings. The number of rotatable bonds is 3. The average Bonchev–Trinajstić information content (AvgIpc) is 3.06. The van der Waals surface area contributed by atoms with Crippen LogP contribution in [0.2, 0.25) is 0 Å². The number of aliphatic hydroxyl groups excluding tert-OH is 1. The Kier molecular flexibility index (Phi) is 5.38. The average molecular weight is 425 g/mol. The second-order valence-corrected chi connectivity index (χ2v) is 10.4. The fourth-order valence-corrected chi connectivity index (χ4v) is 6.64. The van der Waals surface area contributed by atoms with Crippen LogP contribution in [0.5, 0.6) is 0 Å². The van der Waals surface area contributed by atoms with Gasteiger partial charge in [0.25, 0.3) is 0 Å². The molecule has 1 saturated carbocycles. The van der Waals surface area contributed by atoms with E-state index in [1.807, 2.05) is 0 Å². The van der Waals surface area contributed by atoms with Crippen molar-refractivity contribution in [3.05, 3.63) is 41.5 Å². The Morgan fingerprint density at radius 3 is 2.68 bits per heavy atom. The molecule has 31 heavy (non-hydrogen) atoms. The van der Waals surface area contributed by atoms with Crippen LogP contribution in [0.3, 0.4) is 0 Å². The van der Waals surface area contributed by atoms with E-state index < -0.39 is 6.10 Å². The summed E-state index contributed by atoms with van der Waals surface area (Å²) in [6.45, 7) is 11.1. The fraction of sp³-hybridized carbons (Fsp3) is 0.654. The van der Waals surface area contributed by atoms with Gasteiger partial charge in [0, 0.05) is 56.2 Å². The molecule has 0 amide bonds. The Morgan fingerprint density at radius 2 is 1.94 bits per heavy atom. The number of carbonyl (C=O) groups is 1. The highest BCUT2D eigenvalue weighted by molar-refractivity contribution is 5.76. The highest BCUT2D eigenvalue weighted by atomic mass is 16.6. The van der Waals surface area contributed by atoms with Gasteiger partial charge in [-0.25, -0.2) is 0 Å². The number of fused-ring (bicyclic) bond motifs is 2. The SMILES string of the molecule is Cc1ccccc1N1CCN(CC2C(=O)OC3CC4=CCCC(C)C4(C)C(O)C32)CC1. The van der Waals surface area contributed by atoms with E-state index in [1.54, 1.807) is 0 Å². The molecule has 0 spiro atoms. The predicted molar refractivity (Wildman–Crippen MR) is 122 cm³/mol. The maximum atomic E-state index is 12.9. The number of hydrogen-bond acceptors (Lipinski definition) is 5. The molecule has 1 aromatic carbocycles. The first-order chi connectivity index (χ1) is 14.9. The molecule has 3 fully saturated rings. The van der Waals surface area contributed by atoms with Gasteiger partial charge in [0.15, 0.2) is 0 Å². The molecule has 2 aliphatic heterocycles. The van der Waals surface area contributed by atoms with Crippen molar-refractivity contribution in [2.24, 2.45) is 23.2 Å². The summed E-state index contributed by atoms with van der Waals surface area (Å²) in [4.78, 5) is 17.7. The van der Waals surface area contributed by atoms with Gasteiger partial charge >= 0.3 is 5.97 Å². The molecule has 1 aromatic rings. The molecule has 0 bridgehead atoms. The molecule has 6 atom stereocenters. The zero-order chi connectivity index (χ0) is 21.8. The minimum absolute atomic E-state index is 0.0930. The summed E-state index contributed by atoms with van der Waals surface area (Å²) in [7, 11) is 0. The lowest BCUT2D eigenvalue weighted by atomic mass is 9.55. The predicted octanol–water partition coefficient (Wildman–Crippen LogP) is 3.40. The van der Waals surface area contributed by atoms with Crippen LogP contribution in [0.25, 0.3) is 0 Å². The summed E-state index contributed by atoms with van der Waals surface area (Å²) in [6, 6.07) is 8.54. The third-order valence-corrected chi connectivity index (χ3v) is 8.85. The van der Waals surface area contributed by atoms with Crippen molar-refractivity contribution in [3.63, 3.8) is 0 Å². The number of hydrogen-bond donors (Lipinski definition) is 1. The van der Waals surface area contributed by atoms with Crippen LogP contribution in [0, 0.1) is 30.1 Å². The van der Waals surface area contributed by atoms with E-state index in [0.717, 1.165) is 45.4 Å². The van der Waals surface area contributed by atoms with Crippen LogP contribution in [0.4, 0.5) is 5.69 Å². The van der Waals surface area contributed by atoms with Crippen LogP contribution in [0.15, 0.2) is 35.9 Å². The van der Waals surface area contributed by atoms with Gasteiger partial charge in [-0.1, -0.05) is 43.7 Å². The first-order valence-corrected chi connectivity index (χ1v) is 12.0. The lowest BCUT2D eigenvalue weighted by molar-refractivity contribution is -0.145. The first kappa shape index (κ1) is 21.0. The van der Waals surface area contributed by atoms with Crippen molar-refractivity contribution < 1.29 is 14.6 Å². The number of ether oxygens (including phenoxy) is 1. The number of allylic oxidation sites excluding steroid dienone is 1. The van der Waals surface area contributed by atoms with Gasteiger partial charge in [-0.3, -0.25) is 9.69 Å². The molecule has 2 saturated heterocycles. The molecule has 2 heterocycles. The Balaban J connectivity index is 1.28. The number of para-hydroxylation sites is 1. The largest absolute Gasteiger partial charge is 0.461 e. The monoisotopic (exact) mass is 424 g/mol. The van der Waals surface area contributed by atoms with Crippen LogP contribution in [0.1, 0.15) is 38.7 Å². The van der Waals surface area contributed by atoms with E-state index in [9.17, 15) is 9.90 Å². The van der Waals surface area contributed by atoms with Crippen LogP contribution < -0.4 is 4.90 Å². The summed E-state index contributed by atoms with van der Waals surface area (Å²) in [6.07, 6.45) is 4.59. The summed E-state index contributed by atoms with van der Waals surface area (Å²) in [5.74, 6) is 0.00505. The zero-order valence-corrected chi connectivity index (χ0v) is 19.1. The van der Waals surface area contributed by atoms with E-state index in [-0.39, 0.29) is 29.3 Å². The minimum atomic E-state index is -0.516. The summed E-state index contributed by atoms with van der Waals surface area (Å²) in [5.41, 5.74) is 3.70. The normalized spacial score (nSPS) is 38.3. The zero-order valence-electron chi connectivity index (χ0n) is 19.1. The van der Waals surface area contributed by atoms with Crippen molar-refractivity contribution in [1.29, 1.82) is 0 Å². The lowest BCUT2D eigenvalue weighted by Crippen LogP contribution is -2.55. The number of nitrogens with zero attached hydrogens (tertiary/aromatic N) is 2.